The Balaban J connectivity index is 2.15. The Labute approximate surface area is 108 Å². The summed E-state index contributed by atoms with van der Waals surface area (Å²) >= 11 is 0. The highest BCUT2D eigenvalue weighted by molar-refractivity contribution is 5.69. The molecule has 0 aromatic heterocycles. The van der Waals surface area contributed by atoms with Gasteiger partial charge in [-0.25, -0.2) is 0 Å². The molecule has 0 fully saturated rings. The first-order valence-electron chi connectivity index (χ1n) is 6.61. The van der Waals surface area contributed by atoms with Gasteiger partial charge in [0, 0.05) is 18.3 Å². The standard InChI is InChI=1S/C15H19N3/c1-4-18-15-14-12(8-9-17(15)10-16-18)6-5-7-13(14)11(2)3/h5-11,15H,4H2,1-3H3. The number of rotatable bonds is 2. The zero-order valence-electron chi connectivity index (χ0n) is 11.2. The maximum absolute atomic E-state index is 4.48. The van der Waals surface area contributed by atoms with Gasteiger partial charge < -0.3 is 4.90 Å². The van der Waals surface area contributed by atoms with Crippen molar-refractivity contribution < 1.29 is 0 Å². The third-order valence-electron chi connectivity index (χ3n) is 3.70. The second-order valence-electron chi connectivity index (χ2n) is 5.13. The summed E-state index contributed by atoms with van der Waals surface area (Å²) < 4.78 is 0. The third-order valence-corrected chi connectivity index (χ3v) is 3.70. The van der Waals surface area contributed by atoms with E-state index in [1.54, 1.807) is 0 Å². The van der Waals surface area contributed by atoms with Crippen molar-refractivity contribution in [1.29, 1.82) is 0 Å². The number of hydrogen-bond acceptors (Lipinski definition) is 3. The number of benzene rings is 1. The van der Waals surface area contributed by atoms with Crippen molar-refractivity contribution in [3.05, 3.63) is 41.1 Å². The summed E-state index contributed by atoms with van der Waals surface area (Å²) in [6.45, 7) is 7.59. The summed E-state index contributed by atoms with van der Waals surface area (Å²) in [5.74, 6) is 0.535. The van der Waals surface area contributed by atoms with Gasteiger partial charge >= 0.3 is 0 Å². The van der Waals surface area contributed by atoms with E-state index >= 15 is 0 Å². The zero-order chi connectivity index (χ0) is 12.7. The Morgan fingerprint density at radius 3 is 2.89 bits per heavy atom. The summed E-state index contributed by atoms with van der Waals surface area (Å²) in [5, 5.41) is 6.63. The van der Waals surface area contributed by atoms with Crippen LogP contribution in [0.25, 0.3) is 6.08 Å². The van der Waals surface area contributed by atoms with Gasteiger partial charge in [-0.2, -0.15) is 5.10 Å². The Bertz CT molecular complexity index is 516. The molecular weight excluding hydrogens is 222 g/mol. The second kappa shape index (κ2) is 4.16. The lowest BCUT2D eigenvalue weighted by Crippen LogP contribution is -2.32. The second-order valence-corrected chi connectivity index (χ2v) is 5.13. The molecule has 1 aromatic carbocycles. The van der Waals surface area contributed by atoms with E-state index in [0.29, 0.717) is 5.92 Å². The lowest BCUT2D eigenvalue weighted by atomic mass is 9.89. The van der Waals surface area contributed by atoms with Crippen LogP contribution in [0, 0.1) is 0 Å². The van der Waals surface area contributed by atoms with Gasteiger partial charge in [-0.05, 0) is 30.0 Å². The lowest BCUT2D eigenvalue weighted by Gasteiger charge is -2.34. The van der Waals surface area contributed by atoms with Crippen molar-refractivity contribution in [2.45, 2.75) is 32.9 Å². The predicted octanol–water partition coefficient (Wildman–Crippen LogP) is 3.37. The molecule has 0 saturated carbocycles. The summed E-state index contributed by atoms with van der Waals surface area (Å²) in [7, 11) is 0. The highest BCUT2D eigenvalue weighted by Gasteiger charge is 2.33. The van der Waals surface area contributed by atoms with E-state index in [1.807, 2.05) is 6.34 Å². The van der Waals surface area contributed by atoms with Gasteiger partial charge in [-0.1, -0.05) is 32.0 Å². The van der Waals surface area contributed by atoms with Crippen molar-refractivity contribution in [2.75, 3.05) is 6.54 Å². The average Bonchev–Trinajstić information content (AvgIpc) is 2.80. The topological polar surface area (TPSA) is 18.8 Å². The molecule has 3 nitrogen and oxygen atoms in total. The number of hydrogen-bond donors (Lipinski definition) is 0. The summed E-state index contributed by atoms with van der Waals surface area (Å²) in [6, 6.07) is 6.59. The molecule has 18 heavy (non-hydrogen) atoms. The molecule has 0 bridgehead atoms. The van der Waals surface area contributed by atoms with Crippen LogP contribution in [0.5, 0.6) is 0 Å². The van der Waals surface area contributed by atoms with Crippen LogP contribution in [0.15, 0.2) is 29.5 Å². The molecule has 0 aliphatic carbocycles. The normalized spacial score (nSPS) is 20.6. The smallest absolute Gasteiger partial charge is 0.149 e. The van der Waals surface area contributed by atoms with Gasteiger partial charge in [0.2, 0.25) is 0 Å². The minimum Gasteiger partial charge on any atom is -0.311 e. The van der Waals surface area contributed by atoms with Crippen molar-refractivity contribution in [2.24, 2.45) is 5.10 Å². The molecule has 0 radical (unpaired) electrons. The number of nitrogens with zero attached hydrogens (tertiary/aromatic N) is 3. The van der Waals surface area contributed by atoms with Crippen LogP contribution in [0.3, 0.4) is 0 Å². The average molecular weight is 241 g/mol. The molecule has 0 amide bonds. The quantitative estimate of drug-likeness (QED) is 0.790. The van der Waals surface area contributed by atoms with E-state index in [1.165, 1.54) is 16.7 Å². The molecule has 0 saturated heterocycles. The monoisotopic (exact) mass is 241 g/mol. The highest BCUT2D eigenvalue weighted by atomic mass is 15.6. The fourth-order valence-electron chi connectivity index (χ4n) is 2.79. The van der Waals surface area contributed by atoms with Gasteiger partial charge in [0.1, 0.15) is 12.5 Å². The van der Waals surface area contributed by atoms with Gasteiger partial charge in [0.15, 0.2) is 0 Å². The number of hydrazone groups is 1. The molecular formula is C15H19N3. The van der Waals surface area contributed by atoms with Crippen LogP contribution in [0.4, 0.5) is 0 Å². The maximum atomic E-state index is 4.48. The Kier molecular flexibility index (Phi) is 2.62. The van der Waals surface area contributed by atoms with E-state index in [-0.39, 0.29) is 6.17 Å². The largest absolute Gasteiger partial charge is 0.311 e. The third kappa shape index (κ3) is 1.54. The Hall–Kier alpha value is -1.77. The van der Waals surface area contributed by atoms with Crippen molar-refractivity contribution in [1.82, 2.24) is 9.91 Å². The Morgan fingerprint density at radius 2 is 2.17 bits per heavy atom. The molecule has 1 aromatic rings. The molecule has 1 unspecified atom stereocenters. The van der Waals surface area contributed by atoms with Crippen molar-refractivity contribution in [3.8, 4) is 0 Å². The molecule has 3 rings (SSSR count). The summed E-state index contributed by atoms with van der Waals surface area (Å²) in [6.07, 6.45) is 6.47. The van der Waals surface area contributed by atoms with Crippen LogP contribution >= 0.6 is 0 Å². The minimum atomic E-state index is 0.244. The van der Waals surface area contributed by atoms with E-state index in [0.717, 1.165) is 6.54 Å². The molecule has 2 aliphatic heterocycles. The van der Waals surface area contributed by atoms with Crippen molar-refractivity contribution >= 4 is 12.4 Å². The first kappa shape index (κ1) is 11.3. The molecule has 0 spiro atoms. The van der Waals surface area contributed by atoms with Gasteiger partial charge in [-0.15, -0.1) is 0 Å². The van der Waals surface area contributed by atoms with E-state index in [9.17, 15) is 0 Å². The molecule has 1 atom stereocenters. The summed E-state index contributed by atoms with van der Waals surface area (Å²) in [5.41, 5.74) is 4.16. The van der Waals surface area contributed by atoms with Crippen LogP contribution < -0.4 is 0 Å². The summed E-state index contributed by atoms with van der Waals surface area (Å²) in [4.78, 5) is 2.19. The van der Waals surface area contributed by atoms with E-state index in [4.69, 9.17) is 0 Å². The van der Waals surface area contributed by atoms with Crippen LogP contribution in [-0.4, -0.2) is 22.8 Å². The zero-order valence-corrected chi connectivity index (χ0v) is 11.2. The molecule has 94 valence electrons. The first-order valence-corrected chi connectivity index (χ1v) is 6.61. The van der Waals surface area contributed by atoms with Crippen molar-refractivity contribution in [3.63, 3.8) is 0 Å². The Morgan fingerprint density at radius 1 is 1.33 bits per heavy atom. The maximum Gasteiger partial charge on any atom is 0.149 e. The highest BCUT2D eigenvalue weighted by Crippen LogP contribution is 2.39. The fourth-order valence-corrected chi connectivity index (χ4v) is 2.79. The lowest BCUT2D eigenvalue weighted by molar-refractivity contribution is 0.165. The van der Waals surface area contributed by atoms with Crippen LogP contribution in [0.2, 0.25) is 0 Å². The minimum absolute atomic E-state index is 0.244. The van der Waals surface area contributed by atoms with E-state index < -0.39 is 0 Å². The van der Waals surface area contributed by atoms with Gasteiger partial charge in [0.25, 0.3) is 0 Å². The molecule has 0 N–H and O–H groups in total. The molecule has 2 heterocycles. The predicted molar refractivity (Wildman–Crippen MR) is 75.0 cm³/mol. The number of fused-ring (bicyclic) bond motifs is 3. The SMILES string of the molecule is CCN1N=CN2C=Cc3cccc(C(C)C)c3C21. The molecule has 2 aliphatic rings. The molecule has 3 heteroatoms. The van der Waals surface area contributed by atoms with Crippen LogP contribution in [-0.2, 0) is 0 Å². The van der Waals surface area contributed by atoms with E-state index in [2.05, 4.69) is 66.3 Å². The van der Waals surface area contributed by atoms with Gasteiger partial charge in [-0.3, -0.25) is 5.01 Å². The first-order chi connectivity index (χ1) is 8.72. The van der Waals surface area contributed by atoms with Crippen LogP contribution in [0.1, 0.15) is 49.5 Å². The van der Waals surface area contributed by atoms with Gasteiger partial charge in [0.05, 0.1) is 0 Å². The fraction of sp³-hybridized carbons (Fsp3) is 0.400.